The van der Waals surface area contributed by atoms with Crippen molar-refractivity contribution in [2.75, 3.05) is 0 Å². The van der Waals surface area contributed by atoms with Crippen molar-refractivity contribution < 1.29 is 0 Å². The zero-order chi connectivity index (χ0) is 13.0. The number of nitrogens with two attached hydrogens (primary N) is 1. The summed E-state index contributed by atoms with van der Waals surface area (Å²) in [6, 6.07) is 0.347. The van der Waals surface area contributed by atoms with E-state index in [4.69, 9.17) is 5.73 Å². The van der Waals surface area contributed by atoms with Gasteiger partial charge in [0.2, 0.25) is 0 Å². The number of hydrogen-bond donors (Lipinski definition) is 1. The molecule has 0 saturated heterocycles. The first-order chi connectivity index (χ1) is 8.74. The van der Waals surface area contributed by atoms with Gasteiger partial charge in [0, 0.05) is 19.0 Å². The fourth-order valence-corrected chi connectivity index (χ4v) is 3.07. The average Bonchev–Trinajstić information content (AvgIpc) is 2.80. The van der Waals surface area contributed by atoms with Crippen LogP contribution >= 0.6 is 0 Å². The molecule has 1 heterocycles. The van der Waals surface area contributed by atoms with E-state index in [0.29, 0.717) is 12.0 Å². The van der Waals surface area contributed by atoms with Crippen molar-refractivity contribution in [1.29, 1.82) is 0 Å². The summed E-state index contributed by atoms with van der Waals surface area (Å²) in [6.45, 7) is 5.43. The van der Waals surface area contributed by atoms with Gasteiger partial charge in [0.25, 0.3) is 0 Å². The van der Waals surface area contributed by atoms with Crippen molar-refractivity contribution in [3.05, 3.63) is 12.2 Å². The van der Waals surface area contributed by atoms with E-state index >= 15 is 0 Å². The Morgan fingerprint density at radius 1 is 1.39 bits per heavy atom. The third-order valence-electron chi connectivity index (χ3n) is 4.30. The summed E-state index contributed by atoms with van der Waals surface area (Å²) < 4.78 is 2.04. The van der Waals surface area contributed by atoms with E-state index in [-0.39, 0.29) is 0 Å². The molecule has 1 aromatic heterocycles. The van der Waals surface area contributed by atoms with Gasteiger partial charge in [-0.3, -0.25) is 4.68 Å². The summed E-state index contributed by atoms with van der Waals surface area (Å²) in [6.07, 6.45) is 8.79. The van der Waals surface area contributed by atoms with Crippen molar-refractivity contribution in [3.63, 3.8) is 0 Å². The fraction of sp³-hybridized carbons (Fsp3) is 0.857. The van der Waals surface area contributed by atoms with Gasteiger partial charge < -0.3 is 5.73 Å². The third kappa shape index (κ3) is 3.10. The van der Waals surface area contributed by atoms with Crippen LogP contribution in [-0.4, -0.2) is 20.8 Å². The van der Waals surface area contributed by atoms with Gasteiger partial charge in [0.15, 0.2) is 0 Å². The molecule has 3 unspecified atom stereocenters. The Morgan fingerprint density at radius 2 is 2.22 bits per heavy atom. The summed E-state index contributed by atoms with van der Waals surface area (Å²) in [5.41, 5.74) is 6.28. The molecule has 102 valence electrons. The molecule has 4 nitrogen and oxygen atoms in total. The van der Waals surface area contributed by atoms with Gasteiger partial charge in [-0.1, -0.05) is 20.3 Å². The van der Waals surface area contributed by atoms with Gasteiger partial charge in [-0.05, 0) is 37.5 Å². The minimum atomic E-state index is 0.347. The van der Waals surface area contributed by atoms with E-state index in [1.165, 1.54) is 25.7 Å². The number of aryl methyl sites for hydroxylation is 1. The predicted octanol–water partition coefficient (Wildman–Crippen LogP) is 2.38. The van der Waals surface area contributed by atoms with Gasteiger partial charge in [-0.2, -0.15) is 5.10 Å². The molecule has 2 N–H and O–H groups in total. The highest BCUT2D eigenvalue weighted by Gasteiger charge is 2.28. The van der Waals surface area contributed by atoms with Crippen molar-refractivity contribution in [3.8, 4) is 0 Å². The Bertz CT molecular complexity index is 360. The lowest BCUT2D eigenvalue weighted by Gasteiger charge is -2.33. The maximum atomic E-state index is 6.28. The molecule has 0 aliphatic heterocycles. The first kappa shape index (κ1) is 13.5. The molecule has 4 heteroatoms. The van der Waals surface area contributed by atoms with Crippen LogP contribution in [0, 0.1) is 11.8 Å². The quantitative estimate of drug-likeness (QED) is 0.873. The first-order valence-corrected chi connectivity index (χ1v) is 7.36. The van der Waals surface area contributed by atoms with Crippen molar-refractivity contribution >= 4 is 0 Å². The minimum Gasteiger partial charge on any atom is -0.327 e. The molecule has 18 heavy (non-hydrogen) atoms. The zero-order valence-corrected chi connectivity index (χ0v) is 11.7. The summed E-state index contributed by atoms with van der Waals surface area (Å²) in [7, 11) is 0. The van der Waals surface area contributed by atoms with E-state index in [2.05, 4.69) is 23.9 Å². The van der Waals surface area contributed by atoms with Crippen LogP contribution in [0.5, 0.6) is 0 Å². The van der Waals surface area contributed by atoms with E-state index in [9.17, 15) is 0 Å². The van der Waals surface area contributed by atoms with Gasteiger partial charge in [-0.15, -0.1) is 0 Å². The standard InChI is InChI=1S/C14H26N4/c1-3-7-18-14(16-10-17-18)9-12-8-11(4-2)5-6-13(12)15/h10-13H,3-9,15H2,1-2H3. The summed E-state index contributed by atoms with van der Waals surface area (Å²) in [4.78, 5) is 4.41. The predicted molar refractivity (Wildman–Crippen MR) is 73.1 cm³/mol. The van der Waals surface area contributed by atoms with E-state index < -0.39 is 0 Å². The van der Waals surface area contributed by atoms with Crippen LogP contribution in [0.2, 0.25) is 0 Å². The highest BCUT2D eigenvalue weighted by molar-refractivity contribution is 4.93. The van der Waals surface area contributed by atoms with Crippen LogP contribution in [0.3, 0.4) is 0 Å². The Labute approximate surface area is 110 Å². The summed E-state index contributed by atoms with van der Waals surface area (Å²) in [5, 5.41) is 4.30. The molecule has 0 spiro atoms. The molecule has 1 aliphatic rings. The molecular weight excluding hydrogens is 224 g/mol. The maximum Gasteiger partial charge on any atom is 0.138 e. The van der Waals surface area contributed by atoms with E-state index in [0.717, 1.165) is 31.1 Å². The molecular formula is C14H26N4. The zero-order valence-electron chi connectivity index (χ0n) is 11.7. The smallest absolute Gasteiger partial charge is 0.138 e. The number of rotatable bonds is 5. The lowest BCUT2D eigenvalue weighted by atomic mass is 9.76. The van der Waals surface area contributed by atoms with Crippen LogP contribution in [0.4, 0.5) is 0 Å². The van der Waals surface area contributed by atoms with Crippen LogP contribution in [-0.2, 0) is 13.0 Å². The second kappa shape index (κ2) is 6.32. The molecule has 1 saturated carbocycles. The highest BCUT2D eigenvalue weighted by Crippen LogP contribution is 2.32. The van der Waals surface area contributed by atoms with E-state index in [1.807, 2.05) is 4.68 Å². The van der Waals surface area contributed by atoms with Gasteiger partial charge in [0.05, 0.1) is 0 Å². The van der Waals surface area contributed by atoms with Crippen molar-refractivity contribution in [2.24, 2.45) is 17.6 Å². The van der Waals surface area contributed by atoms with Crippen LogP contribution in [0.1, 0.15) is 51.8 Å². The molecule has 1 aliphatic carbocycles. The van der Waals surface area contributed by atoms with Gasteiger partial charge >= 0.3 is 0 Å². The topological polar surface area (TPSA) is 56.7 Å². The molecule has 0 amide bonds. The summed E-state index contributed by atoms with van der Waals surface area (Å²) in [5.74, 6) is 2.56. The number of hydrogen-bond acceptors (Lipinski definition) is 3. The van der Waals surface area contributed by atoms with Crippen molar-refractivity contribution in [2.45, 2.75) is 65.0 Å². The third-order valence-corrected chi connectivity index (χ3v) is 4.30. The molecule has 0 bridgehead atoms. The second-order valence-electron chi connectivity index (χ2n) is 5.61. The second-order valence-corrected chi connectivity index (χ2v) is 5.61. The van der Waals surface area contributed by atoms with Gasteiger partial charge in [-0.25, -0.2) is 4.98 Å². The monoisotopic (exact) mass is 250 g/mol. The Kier molecular flexibility index (Phi) is 4.75. The van der Waals surface area contributed by atoms with E-state index in [1.54, 1.807) is 6.33 Å². The minimum absolute atomic E-state index is 0.347. The van der Waals surface area contributed by atoms with Crippen molar-refractivity contribution in [1.82, 2.24) is 14.8 Å². The van der Waals surface area contributed by atoms with Crippen LogP contribution in [0.15, 0.2) is 6.33 Å². The Morgan fingerprint density at radius 3 is 2.94 bits per heavy atom. The lowest BCUT2D eigenvalue weighted by molar-refractivity contribution is 0.223. The Hall–Kier alpha value is -0.900. The fourth-order valence-electron chi connectivity index (χ4n) is 3.07. The van der Waals surface area contributed by atoms with Gasteiger partial charge in [0.1, 0.15) is 12.2 Å². The molecule has 0 aromatic carbocycles. The van der Waals surface area contributed by atoms with Crippen LogP contribution in [0.25, 0.3) is 0 Å². The molecule has 2 rings (SSSR count). The highest BCUT2D eigenvalue weighted by atomic mass is 15.3. The molecule has 3 atom stereocenters. The lowest BCUT2D eigenvalue weighted by Crippen LogP contribution is -2.37. The molecule has 1 fully saturated rings. The molecule has 1 aromatic rings. The average molecular weight is 250 g/mol. The van der Waals surface area contributed by atoms with Crippen LogP contribution < -0.4 is 5.73 Å². The maximum absolute atomic E-state index is 6.28. The summed E-state index contributed by atoms with van der Waals surface area (Å²) >= 11 is 0. The Balaban J connectivity index is 2.00. The number of nitrogens with zero attached hydrogens (tertiary/aromatic N) is 3. The first-order valence-electron chi connectivity index (χ1n) is 7.36. The molecule has 0 radical (unpaired) electrons. The largest absolute Gasteiger partial charge is 0.327 e. The SMILES string of the molecule is CCCn1ncnc1CC1CC(CC)CCC1N. The normalized spacial score (nSPS) is 28.5. The number of aromatic nitrogens is 3.